The lowest BCUT2D eigenvalue weighted by Gasteiger charge is -2.14. The number of carbonyl (C=O) groups excluding carboxylic acids is 2. The van der Waals surface area contributed by atoms with E-state index in [9.17, 15) is 9.59 Å². The zero-order valence-electron chi connectivity index (χ0n) is 15.1. The Morgan fingerprint density at radius 2 is 1.73 bits per heavy atom. The van der Waals surface area contributed by atoms with Gasteiger partial charge in [0, 0.05) is 18.2 Å². The first-order chi connectivity index (χ1) is 12.6. The Hall–Kier alpha value is -2.95. The number of fused-ring (bicyclic) bond motifs is 1. The van der Waals surface area contributed by atoms with Crippen LogP contribution in [0.25, 0.3) is 10.9 Å². The zero-order chi connectivity index (χ0) is 18.5. The molecule has 0 aliphatic heterocycles. The summed E-state index contributed by atoms with van der Waals surface area (Å²) in [5.74, 6) is -0.131. The van der Waals surface area contributed by atoms with Crippen LogP contribution in [0.1, 0.15) is 48.3 Å². The first-order valence-electron chi connectivity index (χ1n) is 8.88. The highest BCUT2D eigenvalue weighted by Gasteiger charge is 2.14. The molecule has 1 amide bonds. The zero-order valence-corrected chi connectivity index (χ0v) is 15.1. The van der Waals surface area contributed by atoms with Crippen LogP contribution in [0.4, 0.5) is 0 Å². The summed E-state index contributed by atoms with van der Waals surface area (Å²) in [4.78, 5) is 24.6. The maximum Gasteiger partial charge on any atom is 0.247 e. The van der Waals surface area contributed by atoms with Gasteiger partial charge in [0.25, 0.3) is 0 Å². The van der Waals surface area contributed by atoms with Crippen LogP contribution in [0.15, 0.2) is 54.6 Å². The number of carbonyl (C=O) groups is 2. The molecule has 0 aliphatic carbocycles. The average molecular weight is 349 g/mol. The van der Waals surface area contributed by atoms with Crippen molar-refractivity contribution in [2.24, 2.45) is 0 Å². The van der Waals surface area contributed by atoms with Crippen molar-refractivity contribution in [3.63, 3.8) is 0 Å². The second-order valence-electron chi connectivity index (χ2n) is 6.46. The normalized spacial score (nSPS) is 12.1. The highest BCUT2D eigenvalue weighted by atomic mass is 16.2. The van der Waals surface area contributed by atoms with E-state index in [1.165, 1.54) is 4.68 Å². The van der Waals surface area contributed by atoms with E-state index in [0.717, 1.165) is 22.2 Å². The molecule has 2 aromatic carbocycles. The Labute approximate surface area is 153 Å². The molecule has 5 heteroatoms. The standard InChI is InChI=1S/C21H23N3O2/c1-15(17-9-4-3-5-10-17)22-20(25)13-8-14-21(26)24-19-12-7-6-11-18(19)16(2)23-24/h3-7,9-12,15H,8,13-14H2,1-2H3,(H,22,25). The number of nitrogens with zero attached hydrogens (tertiary/aromatic N) is 2. The summed E-state index contributed by atoms with van der Waals surface area (Å²) < 4.78 is 1.45. The highest BCUT2D eigenvalue weighted by molar-refractivity contribution is 5.92. The molecule has 3 rings (SSSR count). The van der Waals surface area contributed by atoms with Crippen LogP contribution in [-0.4, -0.2) is 21.6 Å². The first kappa shape index (κ1) is 17.9. The van der Waals surface area contributed by atoms with E-state index in [0.29, 0.717) is 12.8 Å². The molecule has 1 atom stereocenters. The minimum absolute atomic E-state index is 0.0443. The number of nitrogens with one attached hydrogen (secondary N) is 1. The van der Waals surface area contributed by atoms with Crippen molar-refractivity contribution in [3.05, 3.63) is 65.9 Å². The number of amides is 1. The number of rotatable bonds is 6. The van der Waals surface area contributed by atoms with E-state index in [2.05, 4.69) is 10.4 Å². The molecule has 0 radical (unpaired) electrons. The van der Waals surface area contributed by atoms with Crippen molar-refractivity contribution >= 4 is 22.7 Å². The molecule has 0 aliphatic rings. The topological polar surface area (TPSA) is 64.0 Å². The fourth-order valence-electron chi connectivity index (χ4n) is 3.06. The van der Waals surface area contributed by atoms with Crippen molar-refractivity contribution in [2.45, 2.75) is 39.2 Å². The van der Waals surface area contributed by atoms with Crippen molar-refractivity contribution in [1.29, 1.82) is 0 Å². The number of hydrogen-bond acceptors (Lipinski definition) is 3. The molecule has 1 aromatic heterocycles. The predicted molar refractivity (Wildman–Crippen MR) is 102 cm³/mol. The third-order valence-electron chi connectivity index (χ3n) is 4.48. The van der Waals surface area contributed by atoms with E-state index in [1.807, 2.05) is 68.4 Å². The van der Waals surface area contributed by atoms with Crippen LogP contribution >= 0.6 is 0 Å². The summed E-state index contributed by atoms with van der Waals surface area (Å²) in [5.41, 5.74) is 2.72. The number of hydrogen-bond donors (Lipinski definition) is 1. The molecule has 0 saturated heterocycles. The summed E-state index contributed by atoms with van der Waals surface area (Å²) in [6.07, 6.45) is 1.11. The summed E-state index contributed by atoms with van der Waals surface area (Å²) >= 11 is 0. The molecular formula is C21H23N3O2. The molecule has 1 heterocycles. The van der Waals surface area contributed by atoms with Crippen molar-refractivity contribution in [1.82, 2.24) is 15.1 Å². The molecule has 5 nitrogen and oxygen atoms in total. The molecule has 0 spiro atoms. The third kappa shape index (κ3) is 3.99. The van der Waals surface area contributed by atoms with Gasteiger partial charge in [0.1, 0.15) is 0 Å². The predicted octanol–water partition coefficient (Wildman–Crippen LogP) is 4.03. The van der Waals surface area contributed by atoms with Gasteiger partial charge in [-0.2, -0.15) is 9.78 Å². The summed E-state index contributed by atoms with van der Waals surface area (Å²) in [6.45, 7) is 3.85. The Morgan fingerprint density at radius 1 is 1.04 bits per heavy atom. The van der Waals surface area contributed by atoms with Crippen LogP contribution in [0, 0.1) is 6.92 Å². The molecule has 0 bridgehead atoms. The van der Waals surface area contributed by atoms with Crippen LogP contribution < -0.4 is 5.32 Å². The fourth-order valence-corrected chi connectivity index (χ4v) is 3.06. The average Bonchev–Trinajstić information content (AvgIpc) is 2.99. The smallest absolute Gasteiger partial charge is 0.247 e. The Morgan fingerprint density at radius 3 is 2.50 bits per heavy atom. The molecule has 3 aromatic rings. The van der Waals surface area contributed by atoms with E-state index in [4.69, 9.17) is 0 Å². The summed E-state index contributed by atoms with van der Waals surface area (Å²) in [6, 6.07) is 17.5. The molecule has 134 valence electrons. The van der Waals surface area contributed by atoms with E-state index >= 15 is 0 Å². The van der Waals surface area contributed by atoms with Gasteiger partial charge in [-0.1, -0.05) is 48.5 Å². The van der Waals surface area contributed by atoms with Gasteiger partial charge in [-0.05, 0) is 31.9 Å². The van der Waals surface area contributed by atoms with E-state index in [1.54, 1.807) is 0 Å². The second kappa shape index (κ2) is 7.95. The maximum atomic E-state index is 12.5. The van der Waals surface area contributed by atoms with Crippen LogP contribution in [0.2, 0.25) is 0 Å². The van der Waals surface area contributed by atoms with E-state index < -0.39 is 0 Å². The number of benzene rings is 2. The largest absolute Gasteiger partial charge is 0.350 e. The van der Waals surface area contributed by atoms with Crippen LogP contribution in [0.5, 0.6) is 0 Å². The van der Waals surface area contributed by atoms with Crippen LogP contribution in [0.3, 0.4) is 0 Å². The van der Waals surface area contributed by atoms with Crippen LogP contribution in [-0.2, 0) is 4.79 Å². The maximum absolute atomic E-state index is 12.5. The van der Waals surface area contributed by atoms with Gasteiger partial charge in [-0.25, -0.2) is 0 Å². The van der Waals surface area contributed by atoms with Gasteiger partial charge in [-0.15, -0.1) is 0 Å². The minimum atomic E-state index is -0.0850. The number of para-hydroxylation sites is 1. The van der Waals surface area contributed by atoms with Gasteiger partial charge < -0.3 is 5.32 Å². The van der Waals surface area contributed by atoms with Gasteiger partial charge in [-0.3, -0.25) is 9.59 Å². The second-order valence-corrected chi connectivity index (χ2v) is 6.46. The molecule has 1 unspecified atom stereocenters. The minimum Gasteiger partial charge on any atom is -0.350 e. The van der Waals surface area contributed by atoms with Gasteiger partial charge in [0.15, 0.2) is 0 Å². The highest BCUT2D eigenvalue weighted by Crippen LogP contribution is 2.18. The Balaban J connectivity index is 1.52. The van der Waals surface area contributed by atoms with E-state index in [-0.39, 0.29) is 24.3 Å². The molecular weight excluding hydrogens is 326 g/mol. The molecule has 0 fully saturated rings. The SMILES string of the molecule is Cc1nn(C(=O)CCCC(=O)NC(C)c2ccccc2)c2ccccc12. The fraction of sp³-hybridized carbons (Fsp3) is 0.286. The summed E-state index contributed by atoms with van der Waals surface area (Å²) in [5, 5.41) is 8.29. The van der Waals surface area contributed by atoms with Gasteiger partial charge >= 0.3 is 0 Å². The lowest BCUT2D eigenvalue weighted by atomic mass is 10.1. The monoisotopic (exact) mass is 349 g/mol. The lowest BCUT2D eigenvalue weighted by molar-refractivity contribution is -0.121. The lowest BCUT2D eigenvalue weighted by Crippen LogP contribution is -2.26. The Bertz CT molecular complexity index is 915. The van der Waals surface area contributed by atoms with Crippen molar-refractivity contribution < 1.29 is 9.59 Å². The number of aryl methyl sites for hydroxylation is 1. The quantitative estimate of drug-likeness (QED) is 0.731. The number of aromatic nitrogens is 2. The van der Waals surface area contributed by atoms with Crippen molar-refractivity contribution in [2.75, 3.05) is 0 Å². The first-order valence-corrected chi connectivity index (χ1v) is 8.88. The third-order valence-corrected chi connectivity index (χ3v) is 4.48. The van der Waals surface area contributed by atoms with Gasteiger partial charge in [0.2, 0.25) is 11.8 Å². The molecule has 26 heavy (non-hydrogen) atoms. The summed E-state index contributed by atoms with van der Waals surface area (Å²) in [7, 11) is 0. The molecule has 1 N–H and O–H groups in total. The van der Waals surface area contributed by atoms with Gasteiger partial charge in [0.05, 0.1) is 17.3 Å². The van der Waals surface area contributed by atoms with Crippen molar-refractivity contribution in [3.8, 4) is 0 Å². The Kier molecular flexibility index (Phi) is 5.46. The molecule has 0 saturated carbocycles.